The summed E-state index contributed by atoms with van der Waals surface area (Å²) in [7, 11) is 3.14. The summed E-state index contributed by atoms with van der Waals surface area (Å²) in [6, 6.07) is 9.12. The summed E-state index contributed by atoms with van der Waals surface area (Å²) < 4.78 is 15.4. The average Bonchev–Trinajstić information content (AvgIpc) is 2.95. The molecule has 1 aromatic carbocycles. The first kappa shape index (κ1) is 12.7. The molecule has 0 saturated carbocycles. The number of halogens is 1. The summed E-state index contributed by atoms with van der Waals surface area (Å²) in [5, 5.41) is 5.91. The lowest BCUT2D eigenvalue weighted by Crippen LogP contribution is -1.87. The van der Waals surface area contributed by atoms with Crippen molar-refractivity contribution in [3.05, 3.63) is 35.5 Å². The topological polar surface area (TPSA) is 57.4 Å². The van der Waals surface area contributed by atoms with Gasteiger partial charge in [-0.3, -0.25) is 0 Å². The number of fused-ring (bicyclic) bond motifs is 1. The lowest BCUT2D eigenvalue weighted by molar-refractivity contribution is 0.342. The molecule has 3 aromatic rings. The summed E-state index contributed by atoms with van der Waals surface area (Å²) in [6.45, 7) is 0. The lowest BCUT2D eigenvalue weighted by Gasteiger charge is -2.05. The van der Waals surface area contributed by atoms with E-state index in [1.807, 2.05) is 24.3 Å². The third-order valence-electron chi connectivity index (χ3n) is 2.94. The fraction of sp³-hybridized carbons (Fsp3) is 0.143. The molecule has 0 N–H and O–H groups in total. The van der Waals surface area contributed by atoms with E-state index in [1.54, 1.807) is 13.2 Å². The number of hydrogen-bond donors (Lipinski definition) is 0. The number of hydrogen-bond acceptors (Lipinski definition) is 5. The molecule has 0 bridgehead atoms. The Balaban J connectivity index is 2.16. The Morgan fingerprint density at radius 1 is 1.10 bits per heavy atom. The number of methoxy groups -OCH3 is 2. The highest BCUT2D eigenvalue weighted by molar-refractivity contribution is 6.34. The Kier molecular flexibility index (Phi) is 3.20. The molecular weight excluding hydrogens is 280 g/mol. The zero-order chi connectivity index (χ0) is 14.1. The van der Waals surface area contributed by atoms with E-state index in [4.69, 9.17) is 25.6 Å². The van der Waals surface area contributed by atoms with Gasteiger partial charge in [-0.05, 0) is 34.8 Å². The molecule has 3 rings (SSSR count). The number of nitrogens with zero attached hydrogens (tertiary/aromatic N) is 2. The standard InChI is InChI=1S/C14H11ClN2O3/c1-18-9-3-4-10-8(5-9)6-11(16-14(10)15)12-7-13(19-2)17-20-12/h3-7H,1-2H3. The van der Waals surface area contributed by atoms with Crippen molar-refractivity contribution in [2.75, 3.05) is 14.2 Å². The Hall–Kier alpha value is -2.27. The van der Waals surface area contributed by atoms with Gasteiger partial charge in [0, 0.05) is 5.39 Å². The Labute approximate surface area is 120 Å². The van der Waals surface area contributed by atoms with Gasteiger partial charge in [0.2, 0.25) is 0 Å². The molecule has 2 aromatic heterocycles. The Morgan fingerprint density at radius 3 is 2.65 bits per heavy atom. The predicted octanol–water partition coefficient (Wildman–Crippen LogP) is 3.56. The van der Waals surface area contributed by atoms with Crippen molar-refractivity contribution in [1.29, 1.82) is 0 Å². The van der Waals surface area contributed by atoms with Gasteiger partial charge in [0.1, 0.15) is 16.6 Å². The summed E-state index contributed by atoms with van der Waals surface area (Å²) in [5.41, 5.74) is 0.589. The van der Waals surface area contributed by atoms with Crippen LogP contribution in [0.5, 0.6) is 11.6 Å². The molecule has 0 spiro atoms. The molecule has 0 aliphatic heterocycles. The van der Waals surface area contributed by atoms with E-state index < -0.39 is 0 Å². The maximum absolute atomic E-state index is 6.20. The smallest absolute Gasteiger partial charge is 0.254 e. The van der Waals surface area contributed by atoms with Crippen LogP contribution < -0.4 is 9.47 Å². The third kappa shape index (κ3) is 2.16. The minimum Gasteiger partial charge on any atom is -0.497 e. The Bertz CT molecular complexity index is 770. The van der Waals surface area contributed by atoms with Crippen molar-refractivity contribution >= 4 is 22.4 Å². The van der Waals surface area contributed by atoms with Gasteiger partial charge < -0.3 is 14.0 Å². The number of aromatic nitrogens is 2. The van der Waals surface area contributed by atoms with Crippen LogP contribution in [-0.2, 0) is 0 Å². The van der Waals surface area contributed by atoms with Gasteiger partial charge in [0.05, 0.1) is 20.3 Å². The summed E-state index contributed by atoms with van der Waals surface area (Å²) in [5.74, 6) is 1.64. The number of benzene rings is 1. The first-order valence-electron chi connectivity index (χ1n) is 5.86. The average molecular weight is 291 g/mol. The van der Waals surface area contributed by atoms with Gasteiger partial charge >= 0.3 is 0 Å². The van der Waals surface area contributed by atoms with Crippen molar-refractivity contribution in [2.45, 2.75) is 0 Å². The fourth-order valence-electron chi connectivity index (χ4n) is 1.92. The van der Waals surface area contributed by atoms with Gasteiger partial charge in [0.25, 0.3) is 5.88 Å². The maximum atomic E-state index is 6.20. The SMILES string of the molecule is COc1ccc2c(Cl)nc(-c3cc(OC)no3)cc2c1. The summed E-state index contributed by atoms with van der Waals surface area (Å²) >= 11 is 6.20. The summed E-state index contributed by atoms with van der Waals surface area (Å²) in [6.07, 6.45) is 0. The lowest BCUT2D eigenvalue weighted by atomic mass is 10.1. The second kappa shape index (κ2) is 5.02. The second-order valence-electron chi connectivity index (χ2n) is 4.12. The van der Waals surface area contributed by atoms with Crippen molar-refractivity contribution in [1.82, 2.24) is 10.1 Å². The highest BCUT2D eigenvalue weighted by Gasteiger charge is 2.12. The van der Waals surface area contributed by atoms with Gasteiger partial charge in [-0.1, -0.05) is 11.6 Å². The number of pyridine rings is 1. The molecule has 0 atom stereocenters. The monoisotopic (exact) mass is 290 g/mol. The van der Waals surface area contributed by atoms with E-state index in [9.17, 15) is 0 Å². The molecule has 102 valence electrons. The highest BCUT2D eigenvalue weighted by Crippen LogP contribution is 2.31. The van der Waals surface area contributed by atoms with E-state index >= 15 is 0 Å². The zero-order valence-electron chi connectivity index (χ0n) is 10.9. The van der Waals surface area contributed by atoms with Crippen LogP contribution >= 0.6 is 11.6 Å². The first-order valence-corrected chi connectivity index (χ1v) is 6.24. The van der Waals surface area contributed by atoms with Crippen LogP contribution in [0.1, 0.15) is 0 Å². The van der Waals surface area contributed by atoms with E-state index in [-0.39, 0.29) is 0 Å². The van der Waals surface area contributed by atoms with Crippen LogP contribution in [-0.4, -0.2) is 24.4 Å². The van der Waals surface area contributed by atoms with Crippen molar-refractivity contribution in [2.24, 2.45) is 0 Å². The van der Waals surface area contributed by atoms with Crippen LogP contribution in [0.3, 0.4) is 0 Å². The van der Waals surface area contributed by atoms with Crippen molar-refractivity contribution < 1.29 is 14.0 Å². The maximum Gasteiger partial charge on any atom is 0.254 e. The first-order chi connectivity index (χ1) is 9.71. The normalized spacial score (nSPS) is 10.8. The van der Waals surface area contributed by atoms with Crippen LogP contribution in [0.2, 0.25) is 5.15 Å². The van der Waals surface area contributed by atoms with Crippen molar-refractivity contribution in [3.63, 3.8) is 0 Å². The van der Waals surface area contributed by atoms with Crippen LogP contribution in [0.4, 0.5) is 0 Å². The zero-order valence-corrected chi connectivity index (χ0v) is 11.6. The third-order valence-corrected chi connectivity index (χ3v) is 3.23. The molecule has 0 amide bonds. The van der Waals surface area contributed by atoms with E-state index in [0.29, 0.717) is 22.5 Å². The molecular formula is C14H11ClN2O3. The van der Waals surface area contributed by atoms with Crippen LogP contribution in [0, 0.1) is 0 Å². The van der Waals surface area contributed by atoms with Crippen molar-refractivity contribution in [3.8, 4) is 23.1 Å². The molecule has 0 unspecified atom stereocenters. The molecule has 2 heterocycles. The van der Waals surface area contributed by atoms with Crippen LogP contribution in [0.25, 0.3) is 22.2 Å². The van der Waals surface area contributed by atoms with Gasteiger partial charge in [-0.25, -0.2) is 4.98 Å². The highest BCUT2D eigenvalue weighted by atomic mass is 35.5. The molecule has 0 aliphatic carbocycles. The number of rotatable bonds is 3. The van der Waals surface area contributed by atoms with E-state index in [1.165, 1.54) is 7.11 Å². The minimum atomic E-state index is 0.392. The van der Waals surface area contributed by atoms with E-state index in [0.717, 1.165) is 16.5 Å². The molecule has 5 nitrogen and oxygen atoms in total. The molecule has 6 heteroatoms. The largest absolute Gasteiger partial charge is 0.497 e. The quantitative estimate of drug-likeness (QED) is 0.690. The minimum absolute atomic E-state index is 0.392. The van der Waals surface area contributed by atoms with Gasteiger partial charge in [-0.2, -0.15) is 0 Å². The molecule has 0 saturated heterocycles. The van der Waals surface area contributed by atoms with Gasteiger partial charge in [0.15, 0.2) is 5.76 Å². The number of ether oxygens (including phenoxy) is 2. The summed E-state index contributed by atoms with van der Waals surface area (Å²) in [4.78, 5) is 4.31. The molecule has 0 fully saturated rings. The predicted molar refractivity (Wildman–Crippen MR) is 75.4 cm³/mol. The molecule has 0 aliphatic rings. The van der Waals surface area contributed by atoms with E-state index in [2.05, 4.69) is 10.1 Å². The Morgan fingerprint density at radius 2 is 1.95 bits per heavy atom. The van der Waals surface area contributed by atoms with Gasteiger partial charge in [-0.15, -0.1) is 0 Å². The molecule has 20 heavy (non-hydrogen) atoms. The second-order valence-corrected chi connectivity index (χ2v) is 4.48. The molecule has 0 radical (unpaired) electrons. The fourth-order valence-corrected chi connectivity index (χ4v) is 2.19. The van der Waals surface area contributed by atoms with Crippen LogP contribution in [0.15, 0.2) is 34.9 Å².